The topological polar surface area (TPSA) is 155 Å². The number of rotatable bonds is 11. The quantitative estimate of drug-likeness (QED) is 0.204. The lowest BCUT2D eigenvalue weighted by molar-refractivity contribution is -0.134. The van der Waals surface area contributed by atoms with Gasteiger partial charge in [0, 0.05) is 38.7 Å². The molecule has 0 bridgehead atoms. The molecule has 13 heteroatoms. The molecule has 1 aliphatic carbocycles. The highest BCUT2D eigenvalue weighted by atomic mass is 16.5. The number of hydrogen-bond donors (Lipinski definition) is 3. The van der Waals surface area contributed by atoms with Crippen LogP contribution in [0.25, 0.3) is 22.0 Å². The van der Waals surface area contributed by atoms with Gasteiger partial charge in [-0.15, -0.1) is 0 Å². The fraction of sp³-hybridized carbons (Fsp3) is 0.425. The monoisotopic (exact) mass is 724 g/mol. The first-order valence-corrected chi connectivity index (χ1v) is 18.0. The SMILES string of the molecule is COc1cc2c(c(OC)c1OC)-c1ccc(NC(CC(C)C)C(=O)N3CCN(Cc4nc5ccccc5c(=O)[nH]4)CC3)c(=O)cc1C(NC(C)=O)CC2. The van der Waals surface area contributed by atoms with Crippen LogP contribution in [0.4, 0.5) is 5.69 Å². The lowest BCUT2D eigenvalue weighted by atomic mass is 9.95. The van der Waals surface area contributed by atoms with Crippen molar-refractivity contribution in [3.8, 4) is 28.4 Å². The first kappa shape index (κ1) is 37.3. The molecule has 53 heavy (non-hydrogen) atoms. The second kappa shape index (κ2) is 16.1. The summed E-state index contributed by atoms with van der Waals surface area (Å²) in [5.74, 6) is 1.87. The molecule has 2 amide bonds. The number of hydrogen-bond acceptors (Lipinski definition) is 10. The maximum Gasteiger partial charge on any atom is 0.258 e. The summed E-state index contributed by atoms with van der Waals surface area (Å²) in [4.78, 5) is 64.7. The van der Waals surface area contributed by atoms with Crippen molar-refractivity contribution in [2.45, 2.75) is 58.7 Å². The van der Waals surface area contributed by atoms with Gasteiger partial charge in [-0.3, -0.25) is 24.1 Å². The summed E-state index contributed by atoms with van der Waals surface area (Å²) in [6, 6.07) is 13.2. The van der Waals surface area contributed by atoms with Crippen molar-refractivity contribution in [1.29, 1.82) is 0 Å². The Morgan fingerprint density at radius 2 is 1.70 bits per heavy atom. The van der Waals surface area contributed by atoms with Gasteiger partial charge >= 0.3 is 0 Å². The van der Waals surface area contributed by atoms with Gasteiger partial charge in [0.2, 0.25) is 23.0 Å². The summed E-state index contributed by atoms with van der Waals surface area (Å²) < 4.78 is 17.3. The predicted octanol–water partition coefficient (Wildman–Crippen LogP) is 4.27. The maximum atomic E-state index is 14.1. The van der Waals surface area contributed by atoms with Gasteiger partial charge in [0.05, 0.1) is 50.5 Å². The van der Waals surface area contributed by atoms with Crippen molar-refractivity contribution in [3.63, 3.8) is 0 Å². The first-order valence-electron chi connectivity index (χ1n) is 18.0. The number of carbonyl (C=O) groups excluding carboxylic acids is 2. The third-order valence-corrected chi connectivity index (χ3v) is 9.97. The number of para-hydroxylation sites is 1. The minimum absolute atomic E-state index is 0.0805. The number of anilines is 1. The zero-order valence-electron chi connectivity index (χ0n) is 31.2. The number of piperazine rings is 1. The number of aromatic amines is 1. The van der Waals surface area contributed by atoms with Crippen LogP contribution >= 0.6 is 0 Å². The van der Waals surface area contributed by atoms with Gasteiger partial charge in [0.15, 0.2) is 11.5 Å². The van der Waals surface area contributed by atoms with E-state index in [0.29, 0.717) is 97.1 Å². The highest BCUT2D eigenvalue weighted by molar-refractivity contribution is 5.86. The van der Waals surface area contributed by atoms with Gasteiger partial charge in [-0.2, -0.15) is 0 Å². The van der Waals surface area contributed by atoms with Crippen LogP contribution in [-0.4, -0.2) is 85.1 Å². The van der Waals surface area contributed by atoms with Crippen LogP contribution in [0.3, 0.4) is 0 Å². The minimum atomic E-state index is -0.646. The molecule has 2 unspecified atom stereocenters. The van der Waals surface area contributed by atoms with E-state index < -0.39 is 12.1 Å². The highest BCUT2D eigenvalue weighted by Gasteiger charge is 2.31. The number of aryl methyl sites for hydroxylation is 1. The number of H-pyrrole nitrogens is 1. The van der Waals surface area contributed by atoms with Crippen LogP contribution in [0.5, 0.6) is 17.2 Å². The second-order valence-corrected chi connectivity index (χ2v) is 14.1. The summed E-state index contributed by atoms with van der Waals surface area (Å²) in [6.07, 6.45) is 1.64. The zero-order valence-corrected chi connectivity index (χ0v) is 31.2. The highest BCUT2D eigenvalue weighted by Crippen LogP contribution is 2.50. The standard InChI is InChI=1S/C40H48N6O7/c1-23(2)19-32(40(50)46-17-15-45(16-18-46)22-35-43-29-10-8-7-9-27(29)39(49)44-35)42-31-14-12-26-28(21-33(31)48)30(41-24(3)47)13-11-25-20-34(51-4)37(52-5)38(53-6)36(25)26/h7-10,12,14,20-21,23,30,32H,11,13,15-19,22H2,1-6H3,(H,41,47)(H,42,48)(H,43,44,49). The molecule has 280 valence electrons. The van der Waals surface area contributed by atoms with Crippen LogP contribution < -0.4 is 35.8 Å². The molecular formula is C40H48N6O7. The van der Waals surface area contributed by atoms with Gasteiger partial charge in [-0.1, -0.05) is 32.0 Å². The molecule has 1 aromatic heterocycles. The van der Waals surface area contributed by atoms with E-state index in [-0.39, 0.29) is 34.4 Å². The zero-order chi connectivity index (χ0) is 37.8. The van der Waals surface area contributed by atoms with Crippen LogP contribution in [-0.2, 0) is 22.6 Å². The minimum Gasteiger partial charge on any atom is -0.493 e. The summed E-state index contributed by atoms with van der Waals surface area (Å²) in [5, 5.41) is 6.92. The van der Waals surface area contributed by atoms with Gasteiger partial charge in [-0.25, -0.2) is 4.98 Å². The number of fused-ring (bicyclic) bond motifs is 4. The second-order valence-electron chi connectivity index (χ2n) is 14.1. The molecule has 3 aromatic carbocycles. The van der Waals surface area contributed by atoms with Gasteiger partial charge in [0.1, 0.15) is 11.9 Å². The molecule has 2 heterocycles. The molecule has 0 spiro atoms. The average molecular weight is 725 g/mol. The molecule has 0 radical (unpaired) electrons. The smallest absolute Gasteiger partial charge is 0.258 e. The Morgan fingerprint density at radius 1 is 0.962 bits per heavy atom. The molecule has 1 aliphatic heterocycles. The summed E-state index contributed by atoms with van der Waals surface area (Å²) in [5.41, 5.74) is 3.51. The summed E-state index contributed by atoms with van der Waals surface area (Å²) in [7, 11) is 4.67. The number of nitrogens with one attached hydrogen (secondary N) is 3. The van der Waals surface area contributed by atoms with E-state index in [2.05, 4.69) is 25.5 Å². The molecule has 2 aliphatic rings. The Morgan fingerprint density at radius 3 is 2.38 bits per heavy atom. The molecule has 13 nitrogen and oxygen atoms in total. The van der Waals surface area contributed by atoms with E-state index in [1.165, 1.54) is 6.92 Å². The Bertz CT molecular complexity index is 2130. The fourth-order valence-electron chi connectivity index (χ4n) is 7.48. The van der Waals surface area contributed by atoms with Crippen molar-refractivity contribution >= 4 is 28.4 Å². The third kappa shape index (κ3) is 7.99. The Kier molecular flexibility index (Phi) is 11.3. The van der Waals surface area contributed by atoms with E-state index in [1.54, 1.807) is 39.5 Å². The van der Waals surface area contributed by atoms with Crippen LogP contribution in [0.15, 0.2) is 58.1 Å². The fourth-order valence-corrected chi connectivity index (χ4v) is 7.48. The summed E-state index contributed by atoms with van der Waals surface area (Å²) in [6.45, 7) is 8.22. The Balaban J connectivity index is 1.27. The lowest BCUT2D eigenvalue weighted by Gasteiger charge is -2.36. The number of nitrogens with zero attached hydrogens (tertiary/aromatic N) is 3. The lowest BCUT2D eigenvalue weighted by Crippen LogP contribution is -2.53. The van der Waals surface area contributed by atoms with Gasteiger partial charge < -0.3 is 34.7 Å². The molecular weight excluding hydrogens is 676 g/mol. The average Bonchev–Trinajstić information content (AvgIpc) is 3.38. The largest absolute Gasteiger partial charge is 0.493 e. The van der Waals surface area contributed by atoms with Crippen molar-refractivity contribution in [3.05, 3.63) is 86.1 Å². The first-order chi connectivity index (χ1) is 25.5. The number of aromatic nitrogens is 2. The van der Waals surface area contributed by atoms with E-state index >= 15 is 0 Å². The van der Waals surface area contributed by atoms with E-state index in [9.17, 15) is 19.2 Å². The van der Waals surface area contributed by atoms with Gasteiger partial charge in [-0.05, 0) is 72.2 Å². The van der Waals surface area contributed by atoms with Crippen molar-refractivity contribution in [2.75, 3.05) is 52.8 Å². The molecule has 2 atom stereocenters. The number of carbonyl (C=O) groups is 2. The van der Waals surface area contributed by atoms with E-state index in [1.807, 2.05) is 49.1 Å². The number of amides is 2. The Labute approximate surface area is 308 Å². The van der Waals surface area contributed by atoms with Crippen molar-refractivity contribution in [2.24, 2.45) is 5.92 Å². The molecule has 4 aromatic rings. The third-order valence-electron chi connectivity index (χ3n) is 9.97. The molecule has 3 N–H and O–H groups in total. The van der Waals surface area contributed by atoms with E-state index in [4.69, 9.17) is 14.2 Å². The van der Waals surface area contributed by atoms with Crippen molar-refractivity contribution in [1.82, 2.24) is 25.1 Å². The number of ether oxygens (including phenoxy) is 3. The molecule has 0 saturated carbocycles. The van der Waals surface area contributed by atoms with Crippen LogP contribution in [0.1, 0.15) is 56.6 Å². The predicted molar refractivity (Wildman–Crippen MR) is 204 cm³/mol. The van der Waals surface area contributed by atoms with E-state index in [0.717, 1.165) is 11.1 Å². The number of methoxy groups -OCH3 is 3. The molecule has 1 saturated heterocycles. The Hall–Kier alpha value is -5.43. The number of benzene rings is 2. The summed E-state index contributed by atoms with van der Waals surface area (Å²) >= 11 is 0. The van der Waals surface area contributed by atoms with Crippen molar-refractivity contribution < 1.29 is 23.8 Å². The van der Waals surface area contributed by atoms with Gasteiger partial charge in [0.25, 0.3) is 5.56 Å². The molecule has 6 rings (SSSR count). The van der Waals surface area contributed by atoms with Crippen LogP contribution in [0, 0.1) is 5.92 Å². The molecule has 1 fully saturated rings. The maximum absolute atomic E-state index is 14.1. The van der Waals surface area contributed by atoms with Crippen LogP contribution in [0.2, 0.25) is 0 Å². The normalized spacial score (nSPS) is 16.3.